The number of carbonyl (C=O) groups is 1. The SMILES string of the molecule is CC/N=C/c1ccc2ncc(C(=O)OCC)n2n1. The quantitative estimate of drug-likeness (QED) is 0.603. The highest BCUT2D eigenvalue weighted by atomic mass is 16.5. The minimum atomic E-state index is -0.429. The van der Waals surface area contributed by atoms with Crippen LogP contribution >= 0.6 is 0 Å². The molecule has 0 fully saturated rings. The molecule has 0 radical (unpaired) electrons. The first-order chi connectivity index (χ1) is 8.76. The molecule has 0 amide bonds. The molecule has 0 saturated carbocycles. The van der Waals surface area contributed by atoms with Crippen molar-refractivity contribution in [2.45, 2.75) is 13.8 Å². The lowest BCUT2D eigenvalue weighted by Gasteiger charge is -2.01. The standard InChI is InChI=1S/C12H14N4O2/c1-3-13-7-9-5-6-11-14-8-10(16(11)15-9)12(17)18-4-2/h5-8H,3-4H2,1-2H3/b13-7+. The molecule has 0 aliphatic heterocycles. The molecule has 0 aliphatic carbocycles. The van der Waals surface area contributed by atoms with Gasteiger partial charge in [0.15, 0.2) is 11.3 Å². The second-order valence-electron chi connectivity index (χ2n) is 3.52. The number of imidazole rings is 1. The third kappa shape index (κ3) is 2.37. The Labute approximate surface area is 104 Å². The van der Waals surface area contributed by atoms with Crippen LogP contribution in [0.1, 0.15) is 30.0 Å². The third-order valence-electron chi connectivity index (χ3n) is 2.27. The Kier molecular flexibility index (Phi) is 3.66. The Morgan fingerprint density at radius 2 is 2.33 bits per heavy atom. The highest BCUT2D eigenvalue weighted by molar-refractivity contribution is 5.88. The van der Waals surface area contributed by atoms with E-state index in [0.29, 0.717) is 30.2 Å². The van der Waals surface area contributed by atoms with Crippen molar-refractivity contribution in [2.24, 2.45) is 4.99 Å². The zero-order valence-corrected chi connectivity index (χ0v) is 10.3. The van der Waals surface area contributed by atoms with Gasteiger partial charge in [-0.3, -0.25) is 4.99 Å². The molecule has 18 heavy (non-hydrogen) atoms. The summed E-state index contributed by atoms with van der Waals surface area (Å²) in [4.78, 5) is 19.9. The smallest absolute Gasteiger partial charge is 0.358 e. The van der Waals surface area contributed by atoms with Crippen LogP contribution in [0.2, 0.25) is 0 Å². The van der Waals surface area contributed by atoms with Crippen molar-refractivity contribution in [1.82, 2.24) is 14.6 Å². The number of fused-ring (bicyclic) bond motifs is 1. The Hall–Kier alpha value is -2.24. The van der Waals surface area contributed by atoms with Crippen LogP contribution in [0.4, 0.5) is 0 Å². The number of hydrogen-bond donors (Lipinski definition) is 0. The Morgan fingerprint density at radius 1 is 1.50 bits per heavy atom. The van der Waals surface area contributed by atoms with Crippen molar-refractivity contribution in [3.8, 4) is 0 Å². The van der Waals surface area contributed by atoms with Crippen molar-refractivity contribution in [1.29, 1.82) is 0 Å². The summed E-state index contributed by atoms with van der Waals surface area (Å²) in [5.41, 5.74) is 1.60. The summed E-state index contributed by atoms with van der Waals surface area (Å²) in [6.07, 6.45) is 3.12. The predicted molar refractivity (Wildman–Crippen MR) is 67.1 cm³/mol. The first-order valence-corrected chi connectivity index (χ1v) is 5.78. The molecule has 2 heterocycles. The molecule has 6 heteroatoms. The van der Waals surface area contributed by atoms with Gasteiger partial charge in [0.05, 0.1) is 12.8 Å². The second kappa shape index (κ2) is 5.39. The molecule has 0 aliphatic rings. The van der Waals surface area contributed by atoms with Crippen LogP contribution in [0.3, 0.4) is 0 Å². The summed E-state index contributed by atoms with van der Waals surface area (Å²) in [6.45, 7) is 4.71. The zero-order valence-electron chi connectivity index (χ0n) is 10.3. The molecule has 2 rings (SSSR count). The largest absolute Gasteiger partial charge is 0.461 e. The first-order valence-electron chi connectivity index (χ1n) is 5.78. The molecule has 0 aromatic carbocycles. The van der Waals surface area contributed by atoms with Gasteiger partial charge in [-0.2, -0.15) is 5.10 Å². The van der Waals surface area contributed by atoms with Gasteiger partial charge in [-0.1, -0.05) is 0 Å². The van der Waals surface area contributed by atoms with Crippen LogP contribution in [-0.2, 0) is 4.74 Å². The predicted octanol–water partition coefficient (Wildman–Crippen LogP) is 1.34. The van der Waals surface area contributed by atoms with Crippen molar-refractivity contribution in [3.05, 3.63) is 29.7 Å². The number of rotatable bonds is 4. The summed E-state index contributed by atoms with van der Waals surface area (Å²) >= 11 is 0. The molecule has 0 atom stereocenters. The minimum Gasteiger partial charge on any atom is -0.461 e. The van der Waals surface area contributed by atoms with E-state index in [1.54, 1.807) is 25.3 Å². The average Bonchev–Trinajstić information content (AvgIpc) is 2.79. The molecule has 0 saturated heterocycles. The van der Waals surface area contributed by atoms with E-state index in [2.05, 4.69) is 15.1 Å². The lowest BCUT2D eigenvalue weighted by molar-refractivity contribution is 0.0516. The topological polar surface area (TPSA) is 68.8 Å². The Balaban J connectivity index is 2.43. The monoisotopic (exact) mass is 246 g/mol. The van der Waals surface area contributed by atoms with Crippen LogP contribution < -0.4 is 0 Å². The average molecular weight is 246 g/mol. The molecule has 0 unspecified atom stereocenters. The third-order valence-corrected chi connectivity index (χ3v) is 2.27. The fourth-order valence-electron chi connectivity index (χ4n) is 1.49. The molecule has 2 aromatic rings. The summed E-state index contributed by atoms with van der Waals surface area (Å²) < 4.78 is 6.41. The molecular formula is C12H14N4O2. The lowest BCUT2D eigenvalue weighted by atomic mass is 10.4. The van der Waals surface area contributed by atoms with Gasteiger partial charge >= 0.3 is 5.97 Å². The number of aromatic nitrogens is 3. The van der Waals surface area contributed by atoms with Crippen molar-refractivity contribution < 1.29 is 9.53 Å². The van der Waals surface area contributed by atoms with Gasteiger partial charge in [0.25, 0.3) is 0 Å². The van der Waals surface area contributed by atoms with Crippen molar-refractivity contribution in [3.63, 3.8) is 0 Å². The summed E-state index contributed by atoms with van der Waals surface area (Å²) in [5.74, 6) is -0.429. The maximum absolute atomic E-state index is 11.7. The molecular weight excluding hydrogens is 232 g/mol. The Morgan fingerprint density at radius 3 is 3.06 bits per heavy atom. The number of nitrogens with zero attached hydrogens (tertiary/aromatic N) is 4. The summed E-state index contributed by atoms with van der Waals surface area (Å²) in [6, 6.07) is 3.59. The van der Waals surface area contributed by atoms with Crippen molar-refractivity contribution in [2.75, 3.05) is 13.2 Å². The maximum Gasteiger partial charge on any atom is 0.358 e. The highest BCUT2D eigenvalue weighted by Gasteiger charge is 2.13. The van der Waals surface area contributed by atoms with Crippen LogP contribution in [0.15, 0.2) is 23.3 Å². The molecule has 6 nitrogen and oxygen atoms in total. The normalized spacial score (nSPS) is 11.2. The number of ether oxygens (including phenoxy) is 1. The van der Waals surface area contributed by atoms with E-state index in [4.69, 9.17) is 4.74 Å². The van der Waals surface area contributed by atoms with Gasteiger partial charge in [-0.15, -0.1) is 0 Å². The van der Waals surface area contributed by atoms with E-state index in [0.717, 1.165) is 0 Å². The number of esters is 1. The first kappa shape index (κ1) is 12.2. The summed E-state index contributed by atoms with van der Waals surface area (Å²) in [7, 11) is 0. The van der Waals surface area contributed by atoms with Gasteiger partial charge in [0, 0.05) is 12.8 Å². The van der Waals surface area contributed by atoms with E-state index < -0.39 is 5.97 Å². The van der Waals surface area contributed by atoms with Gasteiger partial charge in [0.1, 0.15) is 5.69 Å². The number of hydrogen-bond acceptors (Lipinski definition) is 5. The van der Waals surface area contributed by atoms with E-state index in [9.17, 15) is 4.79 Å². The van der Waals surface area contributed by atoms with Crippen LogP contribution in [-0.4, -0.2) is 39.9 Å². The molecule has 0 bridgehead atoms. The fourth-order valence-corrected chi connectivity index (χ4v) is 1.49. The highest BCUT2D eigenvalue weighted by Crippen LogP contribution is 2.06. The van der Waals surface area contributed by atoms with Crippen molar-refractivity contribution >= 4 is 17.8 Å². The van der Waals surface area contributed by atoms with E-state index in [-0.39, 0.29) is 0 Å². The molecule has 0 spiro atoms. The second-order valence-corrected chi connectivity index (χ2v) is 3.52. The zero-order chi connectivity index (χ0) is 13.0. The van der Waals surface area contributed by atoms with Crippen LogP contribution in [0.25, 0.3) is 5.65 Å². The maximum atomic E-state index is 11.7. The minimum absolute atomic E-state index is 0.318. The van der Waals surface area contributed by atoms with Crippen LogP contribution in [0.5, 0.6) is 0 Å². The van der Waals surface area contributed by atoms with Gasteiger partial charge < -0.3 is 4.74 Å². The van der Waals surface area contributed by atoms with Gasteiger partial charge in [0.2, 0.25) is 0 Å². The molecule has 94 valence electrons. The van der Waals surface area contributed by atoms with E-state index in [1.807, 2.05) is 6.92 Å². The summed E-state index contributed by atoms with van der Waals surface area (Å²) in [5, 5.41) is 4.28. The van der Waals surface area contributed by atoms with Gasteiger partial charge in [-0.25, -0.2) is 14.3 Å². The van der Waals surface area contributed by atoms with Crippen LogP contribution in [0, 0.1) is 0 Å². The number of aliphatic imine (C=N–C) groups is 1. The molecule has 2 aromatic heterocycles. The number of carbonyl (C=O) groups excluding carboxylic acids is 1. The Bertz CT molecular complexity index is 589. The van der Waals surface area contributed by atoms with E-state index in [1.165, 1.54) is 10.7 Å². The lowest BCUT2D eigenvalue weighted by Crippen LogP contribution is -2.10. The fraction of sp³-hybridized carbons (Fsp3) is 0.333. The van der Waals surface area contributed by atoms with E-state index >= 15 is 0 Å². The van der Waals surface area contributed by atoms with Gasteiger partial charge in [-0.05, 0) is 26.0 Å². The molecule has 0 N–H and O–H groups in total.